The molecule has 0 fully saturated rings. The fraction of sp³-hybridized carbons (Fsp3) is 0.286. The summed E-state index contributed by atoms with van der Waals surface area (Å²) in [5.74, 6) is -0.171. The molecule has 4 rings (SSSR count). The first-order valence-corrected chi connectivity index (χ1v) is 8.91. The molecule has 2 aromatic rings. The van der Waals surface area contributed by atoms with Gasteiger partial charge in [0.1, 0.15) is 11.4 Å². The standard InChI is InChI=1S/C21H20N2O4/c1-21(2)13-23(16-9-5-6-10-17(16)27-21)18(24)11-12-22-19(25)14-7-3-4-8-15(14)20(22)26/h3-10H,11-13H2,1-2H3. The number of para-hydroxylation sites is 2. The Morgan fingerprint density at radius 2 is 1.59 bits per heavy atom. The highest BCUT2D eigenvalue weighted by molar-refractivity contribution is 6.21. The van der Waals surface area contributed by atoms with Gasteiger partial charge in [-0.05, 0) is 38.1 Å². The lowest BCUT2D eigenvalue weighted by Gasteiger charge is -2.39. The molecule has 27 heavy (non-hydrogen) atoms. The molecular formula is C21H20N2O4. The van der Waals surface area contributed by atoms with Crippen LogP contribution in [0.4, 0.5) is 5.69 Å². The van der Waals surface area contributed by atoms with Crippen molar-refractivity contribution in [3.05, 3.63) is 59.7 Å². The van der Waals surface area contributed by atoms with Gasteiger partial charge in [-0.2, -0.15) is 0 Å². The van der Waals surface area contributed by atoms with Crippen molar-refractivity contribution in [3.8, 4) is 5.75 Å². The summed E-state index contributed by atoms with van der Waals surface area (Å²) in [5.41, 5.74) is 0.990. The van der Waals surface area contributed by atoms with E-state index in [2.05, 4.69) is 0 Å². The molecule has 2 aromatic carbocycles. The first-order chi connectivity index (χ1) is 12.9. The zero-order valence-corrected chi connectivity index (χ0v) is 15.3. The molecule has 0 unspecified atom stereocenters. The van der Waals surface area contributed by atoms with Crippen molar-refractivity contribution in [3.63, 3.8) is 0 Å². The highest BCUT2D eigenvalue weighted by Crippen LogP contribution is 2.37. The van der Waals surface area contributed by atoms with Crippen LogP contribution in [0.5, 0.6) is 5.75 Å². The van der Waals surface area contributed by atoms with E-state index in [4.69, 9.17) is 4.74 Å². The van der Waals surface area contributed by atoms with Crippen LogP contribution in [0, 0.1) is 0 Å². The lowest BCUT2D eigenvalue weighted by molar-refractivity contribution is -0.119. The van der Waals surface area contributed by atoms with E-state index in [1.807, 2.05) is 38.1 Å². The van der Waals surface area contributed by atoms with E-state index in [9.17, 15) is 14.4 Å². The largest absolute Gasteiger partial charge is 0.484 e. The summed E-state index contributed by atoms with van der Waals surface area (Å²) >= 11 is 0. The molecule has 3 amide bonds. The average molecular weight is 364 g/mol. The number of benzene rings is 2. The molecule has 0 radical (unpaired) electrons. The number of anilines is 1. The molecule has 6 nitrogen and oxygen atoms in total. The Balaban J connectivity index is 1.51. The predicted molar refractivity (Wildman–Crippen MR) is 99.9 cm³/mol. The smallest absolute Gasteiger partial charge is 0.261 e. The van der Waals surface area contributed by atoms with Crippen molar-refractivity contribution < 1.29 is 19.1 Å². The third-order valence-electron chi connectivity index (χ3n) is 4.81. The first kappa shape index (κ1) is 17.3. The minimum absolute atomic E-state index is 0.0606. The summed E-state index contributed by atoms with van der Waals surface area (Å²) in [6.07, 6.45) is 0.0654. The summed E-state index contributed by atoms with van der Waals surface area (Å²) in [6, 6.07) is 14.1. The number of carbonyl (C=O) groups excluding carboxylic acids is 3. The van der Waals surface area contributed by atoms with Gasteiger partial charge in [-0.15, -0.1) is 0 Å². The van der Waals surface area contributed by atoms with Gasteiger partial charge in [0.15, 0.2) is 0 Å². The maximum Gasteiger partial charge on any atom is 0.261 e. The molecule has 6 heteroatoms. The number of imide groups is 1. The number of hydrogen-bond donors (Lipinski definition) is 0. The number of rotatable bonds is 3. The molecule has 0 N–H and O–H groups in total. The van der Waals surface area contributed by atoms with Gasteiger partial charge in [-0.1, -0.05) is 24.3 Å². The quantitative estimate of drug-likeness (QED) is 0.786. The molecular weight excluding hydrogens is 344 g/mol. The summed E-state index contributed by atoms with van der Waals surface area (Å²) in [6.45, 7) is 4.32. The maximum atomic E-state index is 12.9. The van der Waals surface area contributed by atoms with E-state index in [-0.39, 0.29) is 30.7 Å². The van der Waals surface area contributed by atoms with E-state index >= 15 is 0 Å². The molecule has 0 bridgehead atoms. The third-order valence-corrected chi connectivity index (χ3v) is 4.81. The van der Waals surface area contributed by atoms with Crippen LogP contribution in [0.3, 0.4) is 0 Å². The Kier molecular flexibility index (Phi) is 3.98. The van der Waals surface area contributed by atoms with Gasteiger partial charge in [0.25, 0.3) is 11.8 Å². The molecule has 0 aliphatic carbocycles. The molecule has 0 saturated heterocycles. The predicted octanol–water partition coefficient (Wildman–Crippen LogP) is 2.88. The number of hydrogen-bond acceptors (Lipinski definition) is 4. The van der Waals surface area contributed by atoms with Crippen molar-refractivity contribution in [2.45, 2.75) is 25.9 Å². The van der Waals surface area contributed by atoms with Gasteiger partial charge in [0.05, 0.1) is 23.4 Å². The number of carbonyl (C=O) groups is 3. The van der Waals surface area contributed by atoms with E-state index < -0.39 is 5.60 Å². The monoisotopic (exact) mass is 364 g/mol. The molecule has 2 aliphatic rings. The Morgan fingerprint density at radius 3 is 2.26 bits per heavy atom. The second-order valence-electron chi connectivity index (χ2n) is 7.37. The molecule has 0 aromatic heterocycles. The second kappa shape index (κ2) is 6.23. The number of ether oxygens (including phenoxy) is 1. The molecule has 2 heterocycles. The van der Waals surface area contributed by atoms with Crippen LogP contribution in [-0.2, 0) is 4.79 Å². The van der Waals surface area contributed by atoms with Crippen molar-refractivity contribution >= 4 is 23.4 Å². The summed E-state index contributed by atoms with van der Waals surface area (Å²) in [7, 11) is 0. The number of fused-ring (bicyclic) bond motifs is 2. The fourth-order valence-corrected chi connectivity index (χ4v) is 3.57. The first-order valence-electron chi connectivity index (χ1n) is 8.91. The minimum atomic E-state index is -0.514. The fourth-order valence-electron chi connectivity index (χ4n) is 3.57. The third kappa shape index (κ3) is 2.97. The Bertz CT molecular complexity index is 916. The van der Waals surface area contributed by atoms with Crippen LogP contribution in [0.15, 0.2) is 48.5 Å². The highest BCUT2D eigenvalue weighted by atomic mass is 16.5. The van der Waals surface area contributed by atoms with Gasteiger partial charge in [-0.3, -0.25) is 19.3 Å². The van der Waals surface area contributed by atoms with Crippen LogP contribution in [0.1, 0.15) is 41.0 Å². The Labute approximate surface area is 157 Å². The van der Waals surface area contributed by atoms with E-state index in [0.717, 1.165) is 4.90 Å². The maximum absolute atomic E-state index is 12.9. The normalized spacial score (nSPS) is 17.4. The van der Waals surface area contributed by atoms with Gasteiger partial charge < -0.3 is 9.64 Å². The van der Waals surface area contributed by atoms with E-state index in [0.29, 0.717) is 29.1 Å². The zero-order valence-electron chi connectivity index (χ0n) is 15.3. The Morgan fingerprint density at radius 1 is 1.00 bits per heavy atom. The molecule has 138 valence electrons. The lowest BCUT2D eigenvalue weighted by Crippen LogP contribution is -2.50. The van der Waals surface area contributed by atoms with Gasteiger partial charge in [0, 0.05) is 13.0 Å². The Hall–Kier alpha value is -3.15. The molecule has 0 atom stereocenters. The van der Waals surface area contributed by atoms with Crippen LogP contribution >= 0.6 is 0 Å². The van der Waals surface area contributed by atoms with Crippen LogP contribution < -0.4 is 9.64 Å². The topological polar surface area (TPSA) is 66.9 Å². The van der Waals surface area contributed by atoms with Crippen molar-refractivity contribution in [1.82, 2.24) is 4.90 Å². The van der Waals surface area contributed by atoms with Crippen molar-refractivity contribution in [2.24, 2.45) is 0 Å². The van der Waals surface area contributed by atoms with E-state index in [1.54, 1.807) is 29.2 Å². The highest BCUT2D eigenvalue weighted by Gasteiger charge is 2.37. The molecule has 0 spiro atoms. The van der Waals surface area contributed by atoms with Crippen molar-refractivity contribution in [2.75, 3.05) is 18.0 Å². The van der Waals surface area contributed by atoms with E-state index in [1.165, 1.54) is 0 Å². The minimum Gasteiger partial charge on any atom is -0.484 e. The lowest BCUT2D eigenvalue weighted by atomic mass is 10.0. The second-order valence-corrected chi connectivity index (χ2v) is 7.37. The van der Waals surface area contributed by atoms with Crippen molar-refractivity contribution in [1.29, 1.82) is 0 Å². The molecule has 0 saturated carbocycles. The average Bonchev–Trinajstić information content (AvgIpc) is 2.89. The summed E-state index contributed by atoms with van der Waals surface area (Å²) < 4.78 is 5.94. The van der Waals surface area contributed by atoms with Crippen LogP contribution in [0.25, 0.3) is 0 Å². The van der Waals surface area contributed by atoms with Gasteiger partial charge >= 0.3 is 0 Å². The zero-order chi connectivity index (χ0) is 19.2. The van der Waals surface area contributed by atoms with Crippen LogP contribution in [0.2, 0.25) is 0 Å². The molecule has 2 aliphatic heterocycles. The number of nitrogens with zero attached hydrogens (tertiary/aromatic N) is 2. The van der Waals surface area contributed by atoms with Gasteiger partial charge in [0.2, 0.25) is 5.91 Å². The summed E-state index contributed by atoms with van der Waals surface area (Å²) in [5, 5.41) is 0. The van der Waals surface area contributed by atoms with Gasteiger partial charge in [-0.25, -0.2) is 0 Å². The SMILES string of the molecule is CC1(C)CN(C(=O)CCN2C(=O)c3ccccc3C2=O)c2ccccc2O1. The number of amides is 3. The van der Waals surface area contributed by atoms with Crippen LogP contribution in [-0.4, -0.2) is 41.3 Å². The summed E-state index contributed by atoms with van der Waals surface area (Å²) in [4.78, 5) is 40.7.